The molecule has 0 aromatic rings. The minimum Gasteiger partial charge on any atom is -0.467 e. The highest BCUT2D eigenvalue weighted by Gasteiger charge is 2.34. The lowest BCUT2D eigenvalue weighted by Gasteiger charge is -2.22. The molecule has 0 aliphatic rings. The van der Waals surface area contributed by atoms with Crippen molar-refractivity contribution in [1.82, 2.24) is 5.32 Å². The van der Waals surface area contributed by atoms with Crippen molar-refractivity contribution in [3.63, 3.8) is 0 Å². The summed E-state index contributed by atoms with van der Waals surface area (Å²) in [5.74, 6) is -3.72. The lowest BCUT2D eigenvalue weighted by molar-refractivity contribution is -0.161. The van der Waals surface area contributed by atoms with Gasteiger partial charge in [0.1, 0.15) is 0 Å². The van der Waals surface area contributed by atoms with Crippen molar-refractivity contribution < 1.29 is 33.4 Å². The zero-order valence-electron chi connectivity index (χ0n) is 12.1. The third-order valence-corrected chi connectivity index (χ3v) is 2.32. The van der Waals surface area contributed by atoms with Crippen LogP contribution >= 0.6 is 0 Å². The zero-order valence-corrected chi connectivity index (χ0v) is 12.1. The SMILES string of the molecule is COC(=O)C(NC(=O)[C@@H](OC(C)=O)C(C)C)C(=O)OC. The van der Waals surface area contributed by atoms with E-state index in [0.717, 1.165) is 21.1 Å². The summed E-state index contributed by atoms with van der Waals surface area (Å²) in [6, 6.07) is -1.60. The van der Waals surface area contributed by atoms with E-state index >= 15 is 0 Å². The molecule has 0 aliphatic carbocycles. The predicted octanol–water partition coefficient (Wildman–Crippen LogP) is -0.595. The Kier molecular flexibility index (Phi) is 7.27. The summed E-state index contributed by atoms with van der Waals surface area (Å²) in [6.45, 7) is 4.46. The second kappa shape index (κ2) is 8.13. The Morgan fingerprint density at radius 1 is 0.950 bits per heavy atom. The molecule has 0 aliphatic heterocycles. The fourth-order valence-electron chi connectivity index (χ4n) is 1.35. The number of carbonyl (C=O) groups excluding carboxylic acids is 4. The van der Waals surface area contributed by atoms with E-state index in [-0.39, 0.29) is 5.92 Å². The summed E-state index contributed by atoms with van der Waals surface area (Å²) >= 11 is 0. The van der Waals surface area contributed by atoms with E-state index in [4.69, 9.17) is 4.74 Å². The van der Waals surface area contributed by atoms with E-state index in [1.165, 1.54) is 0 Å². The van der Waals surface area contributed by atoms with Gasteiger partial charge in [-0.15, -0.1) is 0 Å². The van der Waals surface area contributed by atoms with E-state index in [9.17, 15) is 19.2 Å². The second-order valence-corrected chi connectivity index (χ2v) is 4.26. The van der Waals surface area contributed by atoms with Crippen LogP contribution in [0.1, 0.15) is 20.8 Å². The van der Waals surface area contributed by atoms with E-state index in [2.05, 4.69) is 14.8 Å². The Balaban J connectivity index is 5.00. The average Bonchev–Trinajstić information content (AvgIpc) is 2.39. The number of carbonyl (C=O) groups is 4. The monoisotopic (exact) mass is 289 g/mol. The lowest BCUT2D eigenvalue weighted by atomic mass is 10.1. The minimum atomic E-state index is -1.60. The van der Waals surface area contributed by atoms with E-state index in [1.54, 1.807) is 13.8 Å². The normalized spacial score (nSPS) is 11.8. The molecule has 0 aromatic carbocycles. The van der Waals surface area contributed by atoms with Gasteiger partial charge in [-0.2, -0.15) is 0 Å². The number of rotatable bonds is 6. The van der Waals surface area contributed by atoms with Crippen molar-refractivity contribution >= 4 is 23.8 Å². The van der Waals surface area contributed by atoms with Crippen molar-refractivity contribution in [3.05, 3.63) is 0 Å². The summed E-state index contributed by atoms with van der Waals surface area (Å²) in [4.78, 5) is 45.7. The van der Waals surface area contributed by atoms with Gasteiger partial charge in [0.15, 0.2) is 6.10 Å². The first-order valence-electron chi connectivity index (χ1n) is 5.87. The van der Waals surface area contributed by atoms with Crippen LogP contribution in [0, 0.1) is 5.92 Å². The van der Waals surface area contributed by atoms with Crippen LogP contribution < -0.4 is 5.32 Å². The first-order chi connectivity index (χ1) is 9.24. The van der Waals surface area contributed by atoms with Gasteiger partial charge in [0, 0.05) is 6.92 Å². The van der Waals surface area contributed by atoms with Crippen molar-refractivity contribution in [3.8, 4) is 0 Å². The molecule has 0 bridgehead atoms. The van der Waals surface area contributed by atoms with Gasteiger partial charge in [-0.3, -0.25) is 9.59 Å². The summed E-state index contributed by atoms with van der Waals surface area (Å²) < 4.78 is 13.6. The molecular weight excluding hydrogens is 270 g/mol. The number of nitrogens with one attached hydrogen (secondary N) is 1. The molecule has 0 saturated heterocycles. The topological polar surface area (TPSA) is 108 Å². The van der Waals surface area contributed by atoms with Crippen LogP contribution in [-0.4, -0.2) is 50.2 Å². The fraction of sp³-hybridized carbons (Fsp3) is 0.667. The van der Waals surface area contributed by atoms with Crippen molar-refractivity contribution in [2.45, 2.75) is 32.9 Å². The molecule has 8 heteroatoms. The Morgan fingerprint density at radius 2 is 1.40 bits per heavy atom. The van der Waals surface area contributed by atoms with Crippen molar-refractivity contribution in [2.24, 2.45) is 5.92 Å². The Morgan fingerprint density at radius 3 is 1.70 bits per heavy atom. The van der Waals surface area contributed by atoms with Gasteiger partial charge in [-0.25, -0.2) is 9.59 Å². The van der Waals surface area contributed by atoms with Crippen LogP contribution in [0.2, 0.25) is 0 Å². The molecule has 0 radical (unpaired) electrons. The molecule has 8 nitrogen and oxygen atoms in total. The number of hydrogen-bond donors (Lipinski definition) is 1. The highest BCUT2D eigenvalue weighted by atomic mass is 16.6. The zero-order chi connectivity index (χ0) is 15.9. The van der Waals surface area contributed by atoms with Crippen LogP contribution in [0.3, 0.4) is 0 Å². The molecule has 0 unspecified atom stereocenters. The fourth-order valence-corrected chi connectivity index (χ4v) is 1.35. The summed E-state index contributed by atoms with van der Waals surface area (Å²) in [7, 11) is 2.13. The molecule has 0 rings (SSSR count). The number of amides is 1. The van der Waals surface area contributed by atoms with Gasteiger partial charge in [-0.05, 0) is 5.92 Å². The van der Waals surface area contributed by atoms with E-state index < -0.39 is 36.0 Å². The maximum absolute atomic E-state index is 12.0. The van der Waals surface area contributed by atoms with Crippen molar-refractivity contribution in [2.75, 3.05) is 14.2 Å². The molecule has 0 spiro atoms. The second-order valence-electron chi connectivity index (χ2n) is 4.26. The van der Waals surface area contributed by atoms with Gasteiger partial charge in [-0.1, -0.05) is 13.8 Å². The molecule has 114 valence electrons. The number of methoxy groups -OCH3 is 2. The van der Waals surface area contributed by atoms with Gasteiger partial charge >= 0.3 is 17.9 Å². The molecule has 1 N–H and O–H groups in total. The third-order valence-electron chi connectivity index (χ3n) is 2.32. The summed E-state index contributed by atoms with van der Waals surface area (Å²) in [5.41, 5.74) is 0. The number of ether oxygens (including phenoxy) is 3. The average molecular weight is 289 g/mol. The van der Waals surface area contributed by atoms with E-state index in [0.29, 0.717) is 0 Å². The number of hydrogen-bond acceptors (Lipinski definition) is 7. The summed E-state index contributed by atoms with van der Waals surface area (Å²) in [6.07, 6.45) is -1.12. The van der Waals surface area contributed by atoms with Gasteiger partial charge in [0.25, 0.3) is 5.91 Å². The largest absolute Gasteiger partial charge is 0.467 e. The molecule has 0 aromatic heterocycles. The maximum Gasteiger partial charge on any atom is 0.340 e. The number of esters is 3. The first-order valence-corrected chi connectivity index (χ1v) is 5.87. The maximum atomic E-state index is 12.0. The molecule has 1 amide bonds. The Hall–Kier alpha value is -2.12. The van der Waals surface area contributed by atoms with Crippen LogP contribution in [0.4, 0.5) is 0 Å². The van der Waals surface area contributed by atoms with Crippen LogP contribution in [0.5, 0.6) is 0 Å². The lowest BCUT2D eigenvalue weighted by Crippen LogP contribution is -2.52. The smallest absolute Gasteiger partial charge is 0.340 e. The standard InChI is InChI=1S/C12H19NO7/c1-6(2)9(20-7(3)14)10(15)13-8(11(16)18-4)12(17)19-5/h6,8-9H,1-5H3,(H,13,15)/t9-/m0/s1. The minimum absolute atomic E-state index is 0.338. The highest BCUT2D eigenvalue weighted by Crippen LogP contribution is 2.08. The van der Waals surface area contributed by atoms with Gasteiger partial charge in [0.05, 0.1) is 14.2 Å². The van der Waals surface area contributed by atoms with Crippen LogP contribution in [0.25, 0.3) is 0 Å². The van der Waals surface area contributed by atoms with Gasteiger partial charge < -0.3 is 19.5 Å². The summed E-state index contributed by atoms with van der Waals surface area (Å²) in [5, 5.41) is 2.14. The first kappa shape index (κ1) is 17.9. The molecule has 0 heterocycles. The Bertz CT molecular complexity index is 375. The molecule has 20 heavy (non-hydrogen) atoms. The molecular formula is C12H19NO7. The molecule has 0 fully saturated rings. The molecule has 0 saturated carbocycles. The predicted molar refractivity (Wildman–Crippen MR) is 66.4 cm³/mol. The third kappa shape index (κ3) is 5.25. The Labute approximate surface area is 116 Å². The van der Waals surface area contributed by atoms with Crippen LogP contribution in [-0.2, 0) is 33.4 Å². The highest BCUT2D eigenvalue weighted by molar-refractivity contribution is 6.03. The van der Waals surface area contributed by atoms with Gasteiger partial charge in [0.2, 0.25) is 6.04 Å². The molecule has 1 atom stereocenters. The van der Waals surface area contributed by atoms with Crippen LogP contribution in [0.15, 0.2) is 0 Å². The van der Waals surface area contributed by atoms with Crippen molar-refractivity contribution in [1.29, 1.82) is 0 Å². The van der Waals surface area contributed by atoms with E-state index in [1.807, 2.05) is 0 Å². The quantitative estimate of drug-likeness (QED) is 0.395.